The first-order chi connectivity index (χ1) is 8.45. The standard InChI is InChI=1S/C14H23NO2/c1-2-5-13(6-3-1)11-15-8-10-16-12-14-7-4-9-17-14/h4,7,9,13,15H,1-3,5-6,8,10-12H2. The first-order valence-corrected chi connectivity index (χ1v) is 6.76. The van der Waals surface area contributed by atoms with E-state index in [1.54, 1.807) is 6.26 Å². The first-order valence-electron chi connectivity index (χ1n) is 6.76. The third-order valence-corrected chi connectivity index (χ3v) is 3.41. The highest BCUT2D eigenvalue weighted by molar-refractivity contribution is 4.95. The first kappa shape index (κ1) is 12.7. The van der Waals surface area contributed by atoms with Gasteiger partial charge in [-0.05, 0) is 37.4 Å². The topological polar surface area (TPSA) is 34.4 Å². The van der Waals surface area contributed by atoms with E-state index in [1.165, 1.54) is 32.1 Å². The van der Waals surface area contributed by atoms with Crippen molar-refractivity contribution in [2.45, 2.75) is 38.7 Å². The predicted molar refractivity (Wildman–Crippen MR) is 67.8 cm³/mol. The van der Waals surface area contributed by atoms with Crippen LogP contribution in [0.5, 0.6) is 0 Å². The molecule has 0 amide bonds. The lowest BCUT2D eigenvalue weighted by molar-refractivity contribution is 0.107. The van der Waals surface area contributed by atoms with E-state index in [0.717, 1.165) is 31.4 Å². The fourth-order valence-corrected chi connectivity index (χ4v) is 2.41. The number of ether oxygens (including phenoxy) is 1. The molecule has 1 aromatic heterocycles. The van der Waals surface area contributed by atoms with Crippen LogP contribution in [0.3, 0.4) is 0 Å². The Hall–Kier alpha value is -0.800. The van der Waals surface area contributed by atoms with Crippen molar-refractivity contribution in [1.29, 1.82) is 0 Å². The van der Waals surface area contributed by atoms with Gasteiger partial charge < -0.3 is 14.5 Å². The van der Waals surface area contributed by atoms with Gasteiger partial charge in [0.15, 0.2) is 0 Å². The molecule has 3 nitrogen and oxygen atoms in total. The van der Waals surface area contributed by atoms with Crippen LogP contribution in [-0.4, -0.2) is 19.7 Å². The molecule has 0 atom stereocenters. The van der Waals surface area contributed by atoms with Crippen LogP contribution in [0.25, 0.3) is 0 Å². The van der Waals surface area contributed by atoms with E-state index < -0.39 is 0 Å². The maximum absolute atomic E-state index is 5.51. The van der Waals surface area contributed by atoms with Crippen LogP contribution < -0.4 is 5.32 Å². The Morgan fingerprint density at radius 2 is 2.18 bits per heavy atom. The molecular weight excluding hydrogens is 214 g/mol. The zero-order valence-corrected chi connectivity index (χ0v) is 10.5. The van der Waals surface area contributed by atoms with Gasteiger partial charge in [-0.15, -0.1) is 0 Å². The van der Waals surface area contributed by atoms with Gasteiger partial charge in [-0.25, -0.2) is 0 Å². The molecule has 0 saturated heterocycles. The van der Waals surface area contributed by atoms with Gasteiger partial charge in [-0.2, -0.15) is 0 Å². The van der Waals surface area contributed by atoms with Gasteiger partial charge in [0.2, 0.25) is 0 Å². The number of furan rings is 1. The molecule has 1 aliphatic rings. The van der Waals surface area contributed by atoms with Gasteiger partial charge in [0.25, 0.3) is 0 Å². The summed E-state index contributed by atoms with van der Waals surface area (Å²) in [6, 6.07) is 3.83. The number of nitrogens with one attached hydrogen (secondary N) is 1. The minimum absolute atomic E-state index is 0.581. The smallest absolute Gasteiger partial charge is 0.129 e. The lowest BCUT2D eigenvalue weighted by Crippen LogP contribution is -2.27. The minimum Gasteiger partial charge on any atom is -0.467 e. The molecule has 17 heavy (non-hydrogen) atoms. The molecule has 1 N–H and O–H groups in total. The van der Waals surface area contributed by atoms with Crippen molar-refractivity contribution in [2.75, 3.05) is 19.7 Å². The van der Waals surface area contributed by atoms with Gasteiger partial charge >= 0.3 is 0 Å². The van der Waals surface area contributed by atoms with E-state index in [2.05, 4.69) is 5.32 Å². The van der Waals surface area contributed by atoms with E-state index >= 15 is 0 Å². The van der Waals surface area contributed by atoms with Gasteiger partial charge in [0, 0.05) is 6.54 Å². The summed E-state index contributed by atoms with van der Waals surface area (Å²) in [6.07, 6.45) is 8.76. The van der Waals surface area contributed by atoms with Crippen LogP contribution in [0.4, 0.5) is 0 Å². The fourth-order valence-electron chi connectivity index (χ4n) is 2.41. The highest BCUT2D eigenvalue weighted by Gasteiger charge is 2.12. The molecular formula is C14H23NO2. The molecule has 1 fully saturated rings. The summed E-state index contributed by atoms with van der Waals surface area (Å²) in [6.45, 7) is 3.44. The van der Waals surface area contributed by atoms with Crippen molar-refractivity contribution >= 4 is 0 Å². The Morgan fingerprint density at radius 1 is 1.29 bits per heavy atom. The Morgan fingerprint density at radius 3 is 2.94 bits per heavy atom. The van der Waals surface area contributed by atoms with Crippen LogP contribution in [0.2, 0.25) is 0 Å². The average Bonchev–Trinajstić information content (AvgIpc) is 2.88. The molecule has 96 valence electrons. The van der Waals surface area contributed by atoms with E-state index in [9.17, 15) is 0 Å². The zero-order chi connectivity index (χ0) is 11.8. The summed E-state index contributed by atoms with van der Waals surface area (Å²) in [5.74, 6) is 1.80. The van der Waals surface area contributed by atoms with E-state index in [1.807, 2.05) is 12.1 Å². The number of rotatable bonds is 7. The second-order valence-electron chi connectivity index (χ2n) is 4.84. The van der Waals surface area contributed by atoms with Crippen LogP contribution in [-0.2, 0) is 11.3 Å². The largest absolute Gasteiger partial charge is 0.467 e. The Balaban J connectivity index is 1.43. The molecule has 0 spiro atoms. The molecule has 2 rings (SSSR count). The average molecular weight is 237 g/mol. The van der Waals surface area contributed by atoms with Crippen molar-refractivity contribution in [1.82, 2.24) is 5.32 Å². The normalized spacial score (nSPS) is 17.4. The second-order valence-corrected chi connectivity index (χ2v) is 4.84. The van der Waals surface area contributed by atoms with Gasteiger partial charge in [0.05, 0.1) is 12.9 Å². The van der Waals surface area contributed by atoms with Gasteiger partial charge in [0.1, 0.15) is 12.4 Å². The second kappa shape index (κ2) is 7.51. The number of hydrogen-bond acceptors (Lipinski definition) is 3. The summed E-state index contributed by atoms with van der Waals surface area (Å²) in [5, 5.41) is 3.48. The molecule has 0 unspecified atom stereocenters. The molecule has 3 heteroatoms. The predicted octanol–water partition coefficient (Wildman–Crippen LogP) is 2.97. The van der Waals surface area contributed by atoms with Crippen LogP contribution in [0, 0.1) is 5.92 Å². The third-order valence-electron chi connectivity index (χ3n) is 3.41. The minimum atomic E-state index is 0.581. The van der Waals surface area contributed by atoms with Crippen LogP contribution >= 0.6 is 0 Å². The molecule has 1 aromatic rings. The van der Waals surface area contributed by atoms with E-state index in [0.29, 0.717) is 6.61 Å². The van der Waals surface area contributed by atoms with Crippen LogP contribution in [0.1, 0.15) is 37.9 Å². The molecule has 1 heterocycles. The SMILES string of the molecule is c1coc(COCCNCC2CCCCC2)c1. The molecule has 0 radical (unpaired) electrons. The highest BCUT2D eigenvalue weighted by Crippen LogP contribution is 2.22. The molecule has 1 aliphatic carbocycles. The number of hydrogen-bond donors (Lipinski definition) is 1. The van der Waals surface area contributed by atoms with E-state index in [4.69, 9.17) is 9.15 Å². The molecule has 0 bridgehead atoms. The lowest BCUT2D eigenvalue weighted by Gasteiger charge is -2.21. The lowest BCUT2D eigenvalue weighted by atomic mass is 9.89. The molecule has 0 aromatic carbocycles. The Labute approximate surface area is 104 Å². The summed E-state index contributed by atoms with van der Waals surface area (Å²) in [5.41, 5.74) is 0. The summed E-state index contributed by atoms with van der Waals surface area (Å²) in [7, 11) is 0. The summed E-state index contributed by atoms with van der Waals surface area (Å²) < 4.78 is 10.7. The van der Waals surface area contributed by atoms with E-state index in [-0.39, 0.29) is 0 Å². The van der Waals surface area contributed by atoms with Crippen molar-refractivity contribution in [3.63, 3.8) is 0 Å². The maximum Gasteiger partial charge on any atom is 0.129 e. The zero-order valence-electron chi connectivity index (χ0n) is 10.5. The summed E-state index contributed by atoms with van der Waals surface area (Å²) in [4.78, 5) is 0. The van der Waals surface area contributed by atoms with Gasteiger partial charge in [-0.3, -0.25) is 0 Å². The van der Waals surface area contributed by atoms with Crippen molar-refractivity contribution in [3.8, 4) is 0 Å². The monoisotopic (exact) mass is 237 g/mol. The Bertz CT molecular complexity index is 278. The third kappa shape index (κ3) is 4.92. The quantitative estimate of drug-likeness (QED) is 0.740. The maximum atomic E-state index is 5.51. The summed E-state index contributed by atoms with van der Waals surface area (Å²) >= 11 is 0. The molecule has 1 saturated carbocycles. The van der Waals surface area contributed by atoms with Crippen molar-refractivity contribution in [2.24, 2.45) is 5.92 Å². The highest BCUT2D eigenvalue weighted by atomic mass is 16.5. The molecule has 0 aliphatic heterocycles. The van der Waals surface area contributed by atoms with Crippen molar-refractivity contribution in [3.05, 3.63) is 24.2 Å². The van der Waals surface area contributed by atoms with Gasteiger partial charge in [-0.1, -0.05) is 19.3 Å². The van der Waals surface area contributed by atoms with Crippen LogP contribution in [0.15, 0.2) is 22.8 Å². The van der Waals surface area contributed by atoms with Crippen molar-refractivity contribution < 1.29 is 9.15 Å². The fraction of sp³-hybridized carbons (Fsp3) is 0.714. The Kier molecular flexibility index (Phi) is 5.59.